The van der Waals surface area contributed by atoms with Crippen molar-refractivity contribution in [3.8, 4) is 0 Å². The summed E-state index contributed by atoms with van der Waals surface area (Å²) in [5, 5.41) is 0. The molecule has 0 atom stereocenters. The average Bonchev–Trinajstić information content (AvgIpc) is 2.67. The maximum atomic E-state index is 13.1. The first-order valence-corrected chi connectivity index (χ1v) is 10.3. The minimum Gasteiger partial charge on any atom is -0.368 e. The van der Waals surface area contributed by atoms with Gasteiger partial charge in [-0.2, -0.15) is 0 Å². The summed E-state index contributed by atoms with van der Waals surface area (Å²) in [6.07, 6.45) is 0. The van der Waals surface area contributed by atoms with Crippen LogP contribution in [0.1, 0.15) is 22.3 Å². The Morgan fingerprint density at radius 2 is 1.52 bits per heavy atom. The van der Waals surface area contributed by atoms with E-state index in [1.807, 2.05) is 4.90 Å². The summed E-state index contributed by atoms with van der Waals surface area (Å²) in [4.78, 5) is 18.1. The number of anilines is 1. The summed E-state index contributed by atoms with van der Waals surface area (Å²) in [5.41, 5.74) is 6.12. The van der Waals surface area contributed by atoms with Crippen LogP contribution in [0.15, 0.2) is 35.2 Å². The van der Waals surface area contributed by atoms with Crippen LogP contribution in [0.25, 0.3) is 0 Å². The maximum absolute atomic E-state index is 13.1. The number of piperazine rings is 1. The highest BCUT2D eigenvalue weighted by Gasteiger charge is 2.22. The van der Waals surface area contributed by atoms with E-state index in [1.54, 1.807) is 23.9 Å². The van der Waals surface area contributed by atoms with Crippen LogP contribution in [-0.4, -0.2) is 42.7 Å². The zero-order chi connectivity index (χ0) is 19.6. The molecular weight excluding hydrogens is 359 g/mol. The van der Waals surface area contributed by atoms with Gasteiger partial charge in [-0.1, -0.05) is 6.07 Å². The first-order valence-electron chi connectivity index (χ1n) is 9.35. The molecule has 1 fully saturated rings. The third kappa shape index (κ3) is 4.46. The summed E-state index contributed by atoms with van der Waals surface area (Å²) in [6.45, 7) is 11.5. The van der Waals surface area contributed by atoms with Crippen LogP contribution in [0, 0.1) is 33.5 Å². The fraction of sp³-hybridized carbons (Fsp3) is 0.409. The second kappa shape index (κ2) is 8.34. The number of halogens is 1. The van der Waals surface area contributed by atoms with Crippen molar-refractivity contribution in [2.24, 2.45) is 0 Å². The monoisotopic (exact) mass is 386 g/mol. The van der Waals surface area contributed by atoms with Gasteiger partial charge in [-0.05, 0) is 74.2 Å². The van der Waals surface area contributed by atoms with E-state index in [1.165, 1.54) is 39.3 Å². The van der Waals surface area contributed by atoms with Gasteiger partial charge >= 0.3 is 0 Å². The lowest BCUT2D eigenvalue weighted by atomic mass is 10.0. The van der Waals surface area contributed by atoms with Crippen molar-refractivity contribution >= 4 is 23.4 Å². The molecule has 0 saturated carbocycles. The Labute approximate surface area is 165 Å². The number of carbonyl (C=O) groups is 1. The van der Waals surface area contributed by atoms with Crippen molar-refractivity contribution in [3.05, 3.63) is 58.4 Å². The molecule has 1 heterocycles. The number of benzene rings is 2. The van der Waals surface area contributed by atoms with E-state index >= 15 is 0 Å². The highest BCUT2D eigenvalue weighted by atomic mass is 32.2. The van der Waals surface area contributed by atoms with Gasteiger partial charge in [0.2, 0.25) is 5.91 Å². The molecule has 0 aliphatic carbocycles. The van der Waals surface area contributed by atoms with E-state index in [9.17, 15) is 9.18 Å². The van der Waals surface area contributed by atoms with Crippen LogP contribution in [-0.2, 0) is 4.79 Å². The van der Waals surface area contributed by atoms with Gasteiger partial charge in [-0.3, -0.25) is 4.79 Å². The summed E-state index contributed by atoms with van der Waals surface area (Å²) < 4.78 is 13.1. The lowest BCUT2D eigenvalue weighted by molar-refractivity contribution is -0.128. The van der Waals surface area contributed by atoms with Gasteiger partial charge in [-0.25, -0.2) is 4.39 Å². The highest BCUT2D eigenvalue weighted by Crippen LogP contribution is 2.31. The molecule has 3 rings (SSSR count). The Bertz CT molecular complexity index is 801. The second-order valence-corrected chi connectivity index (χ2v) is 8.21. The number of rotatable bonds is 4. The molecule has 0 bridgehead atoms. The van der Waals surface area contributed by atoms with Gasteiger partial charge in [0.25, 0.3) is 0 Å². The first-order chi connectivity index (χ1) is 12.9. The minimum absolute atomic E-state index is 0.191. The van der Waals surface area contributed by atoms with Crippen molar-refractivity contribution in [3.63, 3.8) is 0 Å². The van der Waals surface area contributed by atoms with E-state index in [2.05, 4.69) is 38.7 Å². The van der Waals surface area contributed by atoms with Crippen molar-refractivity contribution in [2.75, 3.05) is 36.8 Å². The van der Waals surface area contributed by atoms with Gasteiger partial charge in [0.15, 0.2) is 0 Å². The first kappa shape index (κ1) is 19.7. The van der Waals surface area contributed by atoms with Crippen molar-refractivity contribution in [2.45, 2.75) is 32.6 Å². The minimum atomic E-state index is -0.221. The summed E-state index contributed by atoms with van der Waals surface area (Å²) in [5.74, 6) is 0.444. The lowest BCUT2D eigenvalue weighted by Crippen LogP contribution is -2.49. The van der Waals surface area contributed by atoms with Crippen molar-refractivity contribution < 1.29 is 9.18 Å². The number of hydrogen-bond donors (Lipinski definition) is 0. The van der Waals surface area contributed by atoms with Crippen LogP contribution in [0.4, 0.5) is 10.1 Å². The Morgan fingerprint density at radius 1 is 0.963 bits per heavy atom. The molecule has 1 amide bonds. The number of carbonyl (C=O) groups excluding carboxylic acids is 1. The van der Waals surface area contributed by atoms with E-state index in [0.29, 0.717) is 18.8 Å². The van der Waals surface area contributed by atoms with E-state index in [4.69, 9.17) is 0 Å². The number of amides is 1. The summed E-state index contributed by atoms with van der Waals surface area (Å²) in [6, 6.07) is 8.78. The van der Waals surface area contributed by atoms with E-state index in [0.717, 1.165) is 18.8 Å². The van der Waals surface area contributed by atoms with Crippen LogP contribution in [0.5, 0.6) is 0 Å². The number of hydrogen-bond acceptors (Lipinski definition) is 3. The van der Waals surface area contributed by atoms with Crippen molar-refractivity contribution in [1.82, 2.24) is 4.90 Å². The van der Waals surface area contributed by atoms with Gasteiger partial charge in [0, 0.05) is 36.8 Å². The molecule has 2 aromatic carbocycles. The quantitative estimate of drug-likeness (QED) is 0.723. The third-order valence-corrected chi connectivity index (χ3v) is 6.75. The predicted octanol–water partition coefficient (Wildman–Crippen LogP) is 4.50. The highest BCUT2D eigenvalue weighted by molar-refractivity contribution is 8.00. The molecule has 1 aliphatic rings. The Balaban J connectivity index is 1.57. The van der Waals surface area contributed by atoms with Gasteiger partial charge in [0.05, 0.1) is 5.75 Å². The topological polar surface area (TPSA) is 23.6 Å². The fourth-order valence-electron chi connectivity index (χ4n) is 3.49. The maximum Gasteiger partial charge on any atom is 0.233 e. The zero-order valence-corrected chi connectivity index (χ0v) is 17.3. The summed E-state index contributed by atoms with van der Waals surface area (Å²) >= 11 is 1.66. The molecule has 0 spiro atoms. The summed E-state index contributed by atoms with van der Waals surface area (Å²) in [7, 11) is 0. The number of nitrogens with zero attached hydrogens (tertiary/aromatic N) is 2. The zero-order valence-electron chi connectivity index (χ0n) is 16.5. The Hall–Kier alpha value is -2.01. The van der Waals surface area contributed by atoms with Gasteiger partial charge in [-0.15, -0.1) is 11.8 Å². The predicted molar refractivity (Wildman–Crippen MR) is 111 cm³/mol. The average molecular weight is 387 g/mol. The van der Waals surface area contributed by atoms with Crippen LogP contribution < -0.4 is 4.90 Å². The van der Waals surface area contributed by atoms with E-state index in [-0.39, 0.29) is 11.7 Å². The van der Waals surface area contributed by atoms with Crippen LogP contribution >= 0.6 is 11.8 Å². The molecule has 27 heavy (non-hydrogen) atoms. The van der Waals surface area contributed by atoms with Crippen LogP contribution in [0.3, 0.4) is 0 Å². The molecule has 0 aromatic heterocycles. The number of thioether (sulfide) groups is 1. The third-order valence-electron chi connectivity index (χ3n) is 5.46. The molecule has 1 saturated heterocycles. The molecule has 0 radical (unpaired) electrons. The lowest BCUT2D eigenvalue weighted by Gasteiger charge is -2.36. The molecule has 0 unspecified atom stereocenters. The molecule has 1 aliphatic heterocycles. The fourth-order valence-corrected chi connectivity index (χ4v) is 4.69. The SMILES string of the molecule is Cc1cc(C)c(C)c(SCC(=O)N2CCN(c3ccc(F)cc3)CC2)c1C. The molecule has 5 heteroatoms. The van der Waals surface area contributed by atoms with E-state index < -0.39 is 0 Å². The second-order valence-electron chi connectivity index (χ2n) is 7.22. The number of aryl methyl sites for hydroxylation is 2. The Kier molecular flexibility index (Phi) is 6.10. The van der Waals surface area contributed by atoms with Gasteiger partial charge in [0.1, 0.15) is 5.82 Å². The molecule has 2 aromatic rings. The van der Waals surface area contributed by atoms with Gasteiger partial charge < -0.3 is 9.80 Å². The molecular formula is C22H27FN2OS. The standard InChI is InChI=1S/C22H27FN2OS/c1-15-13-16(2)18(4)22(17(15)3)27-14-21(26)25-11-9-24(10-12-25)20-7-5-19(23)6-8-20/h5-8,13H,9-12,14H2,1-4H3. The molecule has 0 N–H and O–H groups in total. The molecule has 144 valence electrons. The Morgan fingerprint density at radius 3 is 2.07 bits per heavy atom. The smallest absolute Gasteiger partial charge is 0.233 e. The van der Waals surface area contributed by atoms with Crippen molar-refractivity contribution in [1.29, 1.82) is 0 Å². The molecule has 3 nitrogen and oxygen atoms in total. The normalized spacial score (nSPS) is 14.6. The largest absolute Gasteiger partial charge is 0.368 e. The van der Waals surface area contributed by atoms with Crippen LogP contribution in [0.2, 0.25) is 0 Å².